The Morgan fingerprint density at radius 1 is 0.957 bits per heavy atom. The highest BCUT2D eigenvalue weighted by Gasteiger charge is 2.29. The van der Waals surface area contributed by atoms with E-state index in [1.807, 2.05) is 115 Å². The molecule has 0 aliphatic heterocycles. The number of esters is 1. The molecular weight excluding hydrogens is 616 g/mol. The van der Waals surface area contributed by atoms with E-state index in [2.05, 4.69) is 10.0 Å². The average molecular weight is 663 g/mol. The van der Waals surface area contributed by atoms with Crippen LogP contribution >= 0.6 is 0 Å². The number of hydrogen-bond acceptors (Lipinski definition) is 8. The predicted octanol–water partition coefficient (Wildman–Crippen LogP) is 7.92. The van der Waals surface area contributed by atoms with Gasteiger partial charge in [-0.05, 0) is 102 Å². The number of hydrogen-bond donors (Lipinski definition) is 2. The number of ether oxygens (including phenoxy) is 3. The maximum atomic E-state index is 12.9. The molecule has 0 spiro atoms. The molecule has 1 heterocycles. The molecule has 47 heavy (non-hydrogen) atoms. The highest BCUT2D eigenvalue weighted by molar-refractivity contribution is 7.90. The molecule has 3 aromatic carbocycles. The highest BCUT2D eigenvalue weighted by Crippen LogP contribution is 2.36. The molecule has 0 radical (unpaired) electrons. The van der Waals surface area contributed by atoms with Gasteiger partial charge >= 0.3 is 12.1 Å². The minimum absolute atomic E-state index is 0.115. The lowest BCUT2D eigenvalue weighted by Crippen LogP contribution is -2.40. The van der Waals surface area contributed by atoms with Gasteiger partial charge in [-0.25, -0.2) is 4.79 Å². The summed E-state index contributed by atoms with van der Waals surface area (Å²) in [5, 5.41) is 3.69. The summed E-state index contributed by atoms with van der Waals surface area (Å²) in [6.07, 6.45) is -0.373. The second-order valence-electron chi connectivity index (χ2n) is 13.4. The Bertz CT molecular complexity index is 1690. The van der Waals surface area contributed by atoms with E-state index >= 15 is 0 Å². The third-order valence-corrected chi connectivity index (χ3v) is 8.72. The van der Waals surface area contributed by atoms with Crippen molar-refractivity contribution in [3.05, 3.63) is 89.2 Å². The summed E-state index contributed by atoms with van der Waals surface area (Å²) < 4.78 is 38.8. The van der Waals surface area contributed by atoms with E-state index in [1.165, 1.54) is 0 Å². The fourth-order valence-electron chi connectivity index (χ4n) is 4.80. The molecule has 0 bridgehead atoms. The number of carbonyl (C=O) groups is 2. The fraction of sp³-hybridized carbons (Fsp3) is 0.405. The van der Waals surface area contributed by atoms with E-state index in [1.54, 1.807) is 6.92 Å². The van der Waals surface area contributed by atoms with Crippen LogP contribution < -0.4 is 14.8 Å². The van der Waals surface area contributed by atoms with Crippen molar-refractivity contribution in [3.8, 4) is 16.9 Å². The zero-order chi connectivity index (χ0) is 34.4. The molecule has 4 aromatic rings. The van der Waals surface area contributed by atoms with Gasteiger partial charge in [0.2, 0.25) is 0 Å². The Labute approximate surface area is 280 Å². The van der Waals surface area contributed by atoms with Crippen molar-refractivity contribution < 1.29 is 32.8 Å². The van der Waals surface area contributed by atoms with Crippen LogP contribution in [-0.4, -0.2) is 33.6 Å². The van der Waals surface area contributed by atoms with Gasteiger partial charge in [0.15, 0.2) is 0 Å². The molecule has 9 nitrogen and oxygen atoms in total. The number of amides is 1. The third kappa shape index (κ3) is 10.2. The van der Waals surface area contributed by atoms with Crippen molar-refractivity contribution >= 4 is 34.4 Å². The molecule has 1 amide bonds. The molecule has 4 rings (SSSR count). The van der Waals surface area contributed by atoms with Crippen molar-refractivity contribution in [3.63, 3.8) is 0 Å². The van der Waals surface area contributed by atoms with Crippen molar-refractivity contribution in [1.82, 2.24) is 10.0 Å². The standard InChI is InChI=1S/C37H46N2O7S/c1-9-43-33(40)21-28-14-10-11-16-31(28)44-23-26-18-29-20-32(24(2)39-47(42)37(6,7)8)45-34(29)30(19-26)27-15-12-13-25(17-27)22-38-35(41)46-36(3,4)5/h10-20,24,39H,9,21-23H2,1-8H3,(H,38,41)/t24-,47?/m0/s1. The van der Waals surface area contributed by atoms with Crippen LogP contribution in [0.1, 0.15) is 83.9 Å². The number of fused-ring (bicyclic) bond motifs is 1. The number of alkyl carbamates (subject to hydrolysis) is 1. The molecule has 1 aromatic heterocycles. The minimum atomic E-state index is -1.29. The summed E-state index contributed by atoms with van der Waals surface area (Å²) in [4.78, 5) is 24.5. The number of rotatable bonds is 12. The summed E-state index contributed by atoms with van der Waals surface area (Å²) in [7, 11) is 0. The normalized spacial score (nSPS) is 13.2. The zero-order valence-electron chi connectivity index (χ0n) is 28.5. The zero-order valence-corrected chi connectivity index (χ0v) is 29.3. The molecule has 1 unspecified atom stereocenters. The fourth-order valence-corrected chi connectivity index (χ4v) is 5.59. The van der Waals surface area contributed by atoms with E-state index in [4.69, 9.17) is 18.6 Å². The molecule has 0 saturated carbocycles. The summed E-state index contributed by atoms with van der Waals surface area (Å²) in [5.74, 6) is 0.946. The van der Waals surface area contributed by atoms with E-state index in [-0.39, 0.29) is 31.6 Å². The van der Waals surface area contributed by atoms with Gasteiger partial charge in [-0.2, -0.15) is 0 Å². The third-order valence-electron chi connectivity index (χ3n) is 7.04. The molecule has 2 atom stereocenters. The van der Waals surface area contributed by atoms with Gasteiger partial charge in [-0.3, -0.25) is 4.79 Å². The Morgan fingerprint density at radius 3 is 2.40 bits per heavy atom. The first-order chi connectivity index (χ1) is 22.1. The number of para-hydroxylation sites is 1. The van der Waals surface area contributed by atoms with Crippen LogP contribution in [0.2, 0.25) is 0 Å². The van der Waals surface area contributed by atoms with Crippen LogP contribution in [0.4, 0.5) is 4.79 Å². The number of carbonyl (C=O) groups excluding carboxylic acids is 2. The van der Waals surface area contributed by atoms with Crippen LogP contribution in [0.25, 0.3) is 22.1 Å². The molecule has 10 heteroatoms. The van der Waals surface area contributed by atoms with E-state index in [9.17, 15) is 14.1 Å². The molecule has 2 N–H and O–H groups in total. The van der Waals surface area contributed by atoms with Crippen molar-refractivity contribution in [2.45, 2.75) is 91.4 Å². The Hall–Kier alpha value is -3.99. The van der Waals surface area contributed by atoms with Gasteiger partial charge in [0.05, 0.1) is 13.0 Å². The summed E-state index contributed by atoms with van der Waals surface area (Å²) in [6, 6.07) is 21.0. The van der Waals surface area contributed by atoms with Crippen molar-refractivity contribution in [1.29, 1.82) is 0 Å². The van der Waals surface area contributed by atoms with Gasteiger partial charge in [-0.1, -0.05) is 36.4 Å². The van der Waals surface area contributed by atoms with E-state index in [0.29, 0.717) is 23.7 Å². The smallest absolute Gasteiger partial charge is 0.407 e. The molecule has 0 saturated heterocycles. The molecular formula is C37H46N2O7S. The average Bonchev–Trinajstić information content (AvgIpc) is 3.43. The predicted molar refractivity (Wildman–Crippen MR) is 185 cm³/mol. The SMILES string of the molecule is CCOC(=O)Cc1ccccc1OCc1cc(-c2cccc(CNC(=O)OC(C)(C)C)c2)c2oc([C@H](C)N[S+]([O-])C(C)(C)C)cc2c1. The highest BCUT2D eigenvalue weighted by atomic mass is 32.2. The summed E-state index contributed by atoms with van der Waals surface area (Å²) >= 11 is -1.29. The molecule has 0 aliphatic rings. The first kappa shape index (κ1) is 35.9. The first-order valence-corrected chi connectivity index (χ1v) is 16.9. The lowest BCUT2D eigenvalue weighted by molar-refractivity contribution is -0.142. The van der Waals surface area contributed by atoms with Crippen LogP contribution in [0, 0.1) is 0 Å². The molecule has 252 valence electrons. The summed E-state index contributed by atoms with van der Waals surface area (Å²) in [6.45, 7) is 15.8. The van der Waals surface area contributed by atoms with Gasteiger partial charge < -0.3 is 28.5 Å². The maximum absolute atomic E-state index is 12.9. The quantitative estimate of drug-likeness (QED) is 0.116. The second kappa shape index (κ2) is 15.3. The van der Waals surface area contributed by atoms with Crippen LogP contribution in [0.3, 0.4) is 0 Å². The first-order valence-electron chi connectivity index (χ1n) is 15.8. The van der Waals surface area contributed by atoms with Gasteiger partial charge in [0.1, 0.15) is 40.1 Å². The van der Waals surface area contributed by atoms with Gasteiger partial charge in [0, 0.05) is 34.4 Å². The minimum Gasteiger partial charge on any atom is -0.598 e. The van der Waals surface area contributed by atoms with Crippen LogP contribution in [0.5, 0.6) is 5.75 Å². The van der Waals surface area contributed by atoms with Crippen LogP contribution in [-0.2, 0) is 45.2 Å². The van der Waals surface area contributed by atoms with Gasteiger partial charge in [0.25, 0.3) is 0 Å². The van der Waals surface area contributed by atoms with Crippen molar-refractivity contribution in [2.24, 2.45) is 0 Å². The second-order valence-corrected chi connectivity index (χ2v) is 15.4. The number of furan rings is 1. The maximum Gasteiger partial charge on any atom is 0.407 e. The summed E-state index contributed by atoms with van der Waals surface area (Å²) in [5.41, 5.74) is 4.34. The lowest BCUT2D eigenvalue weighted by atomic mass is 9.98. The Kier molecular flexibility index (Phi) is 11.7. The monoisotopic (exact) mass is 662 g/mol. The Morgan fingerprint density at radius 2 is 1.70 bits per heavy atom. The molecule has 0 aliphatic carbocycles. The van der Waals surface area contributed by atoms with E-state index in [0.717, 1.165) is 33.2 Å². The molecule has 0 fully saturated rings. The lowest BCUT2D eigenvalue weighted by Gasteiger charge is -2.25. The van der Waals surface area contributed by atoms with Crippen LogP contribution in [0.15, 0.2) is 71.1 Å². The van der Waals surface area contributed by atoms with E-state index < -0.39 is 27.8 Å². The van der Waals surface area contributed by atoms with Crippen molar-refractivity contribution in [2.75, 3.05) is 6.61 Å². The Balaban J connectivity index is 1.67. The topological polar surface area (TPSA) is 122 Å². The van der Waals surface area contributed by atoms with Gasteiger partial charge in [-0.15, -0.1) is 4.72 Å². The largest absolute Gasteiger partial charge is 0.598 e. The number of nitrogens with one attached hydrogen (secondary N) is 2. The number of benzene rings is 3.